The quantitative estimate of drug-likeness (QED) is 0.375. The van der Waals surface area contributed by atoms with Crippen LogP contribution in [0.4, 0.5) is 5.69 Å². The topological polar surface area (TPSA) is 96.0 Å². The highest BCUT2D eigenvalue weighted by Gasteiger charge is 2.29. The molecule has 2 amide bonds. The van der Waals surface area contributed by atoms with E-state index in [0.717, 1.165) is 23.1 Å². The van der Waals surface area contributed by atoms with E-state index in [9.17, 15) is 18.0 Å². The van der Waals surface area contributed by atoms with Crippen LogP contribution in [0.2, 0.25) is 0 Å². The molecule has 1 N–H and O–H groups in total. The minimum atomic E-state index is -3.55. The zero-order chi connectivity index (χ0) is 28.5. The number of nitrogens with one attached hydrogen (secondary N) is 1. The predicted octanol–water partition coefficient (Wildman–Crippen LogP) is 4.58. The molecule has 2 rings (SSSR count). The van der Waals surface area contributed by atoms with Crippen molar-refractivity contribution < 1.29 is 22.7 Å². The lowest BCUT2D eigenvalue weighted by Gasteiger charge is -2.32. The lowest BCUT2D eigenvalue weighted by atomic mass is 10.1. The van der Waals surface area contributed by atoms with E-state index >= 15 is 0 Å². The van der Waals surface area contributed by atoms with Crippen molar-refractivity contribution in [2.75, 3.05) is 24.2 Å². The van der Waals surface area contributed by atoms with E-state index in [2.05, 4.69) is 5.32 Å². The third-order valence-corrected chi connectivity index (χ3v) is 7.86. The Bertz CT molecular complexity index is 1180. The summed E-state index contributed by atoms with van der Waals surface area (Å²) in [5.41, 5.74) is 3.30. The van der Waals surface area contributed by atoms with E-state index < -0.39 is 16.1 Å². The van der Waals surface area contributed by atoms with Crippen molar-refractivity contribution in [3.8, 4) is 5.75 Å². The minimum Gasteiger partial charge on any atom is -0.497 e. The van der Waals surface area contributed by atoms with Crippen LogP contribution in [0.25, 0.3) is 0 Å². The van der Waals surface area contributed by atoms with Gasteiger partial charge < -0.3 is 15.0 Å². The van der Waals surface area contributed by atoms with Gasteiger partial charge in [0.2, 0.25) is 21.8 Å². The van der Waals surface area contributed by atoms with E-state index in [-0.39, 0.29) is 37.4 Å². The van der Waals surface area contributed by atoms with Crippen LogP contribution >= 0.6 is 0 Å². The second kappa shape index (κ2) is 14.2. The van der Waals surface area contributed by atoms with Gasteiger partial charge in [-0.25, -0.2) is 8.42 Å². The van der Waals surface area contributed by atoms with Crippen LogP contribution in [0.3, 0.4) is 0 Å². The molecule has 0 aliphatic heterocycles. The minimum absolute atomic E-state index is 0.00428. The average molecular weight is 546 g/mol. The van der Waals surface area contributed by atoms with Gasteiger partial charge in [-0.15, -0.1) is 0 Å². The zero-order valence-corrected chi connectivity index (χ0v) is 24.6. The molecule has 0 aliphatic rings. The van der Waals surface area contributed by atoms with Crippen LogP contribution in [-0.4, -0.2) is 57.1 Å². The molecule has 2 aromatic carbocycles. The number of rotatable bonds is 14. The summed E-state index contributed by atoms with van der Waals surface area (Å²) in [5.74, 6) is 0.332. The fraction of sp³-hybridized carbons (Fsp3) is 0.517. The Morgan fingerprint density at radius 2 is 1.68 bits per heavy atom. The summed E-state index contributed by atoms with van der Waals surface area (Å²) in [6.45, 7) is 10.0. The fourth-order valence-electron chi connectivity index (χ4n) is 4.26. The number of carbonyl (C=O) groups excluding carboxylic acids is 2. The number of hydrogen-bond donors (Lipinski definition) is 1. The zero-order valence-electron chi connectivity index (χ0n) is 23.8. The van der Waals surface area contributed by atoms with Gasteiger partial charge in [-0.1, -0.05) is 38.1 Å². The van der Waals surface area contributed by atoms with Crippen LogP contribution in [0.5, 0.6) is 5.75 Å². The molecular weight excluding hydrogens is 502 g/mol. The summed E-state index contributed by atoms with van der Waals surface area (Å²) in [6.07, 6.45) is 2.86. The van der Waals surface area contributed by atoms with Gasteiger partial charge in [-0.3, -0.25) is 13.9 Å². The maximum Gasteiger partial charge on any atom is 0.243 e. The molecular formula is C29H43N3O5S. The SMILES string of the molecule is CC[C@H](C)NC(=O)[C@H](CC)N(Cc1ccc(OC)cc1)C(=O)CCCN(c1cc(C)ccc1C)S(C)(=O)=O. The molecule has 8 nitrogen and oxygen atoms in total. The Labute approximate surface area is 228 Å². The third kappa shape index (κ3) is 8.75. The molecule has 0 aromatic heterocycles. The summed E-state index contributed by atoms with van der Waals surface area (Å²) < 4.78 is 31.9. The summed E-state index contributed by atoms with van der Waals surface area (Å²) in [5, 5.41) is 3.01. The number of nitrogens with zero attached hydrogens (tertiary/aromatic N) is 2. The summed E-state index contributed by atoms with van der Waals surface area (Å²) in [4.78, 5) is 28.3. The van der Waals surface area contributed by atoms with Crippen molar-refractivity contribution in [2.24, 2.45) is 0 Å². The predicted molar refractivity (Wildman–Crippen MR) is 153 cm³/mol. The molecule has 2 aromatic rings. The monoisotopic (exact) mass is 545 g/mol. The first-order valence-corrected chi connectivity index (χ1v) is 15.0. The average Bonchev–Trinajstić information content (AvgIpc) is 2.87. The van der Waals surface area contributed by atoms with E-state index in [1.54, 1.807) is 12.0 Å². The second-order valence-electron chi connectivity index (χ2n) is 9.84. The van der Waals surface area contributed by atoms with Crippen LogP contribution in [0, 0.1) is 13.8 Å². The number of ether oxygens (including phenoxy) is 1. The molecule has 0 fully saturated rings. The number of anilines is 1. The number of hydrogen-bond acceptors (Lipinski definition) is 5. The van der Waals surface area contributed by atoms with Gasteiger partial charge in [0.05, 0.1) is 19.1 Å². The maximum atomic E-state index is 13.6. The highest BCUT2D eigenvalue weighted by Crippen LogP contribution is 2.25. The smallest absolute Gasteiger partial charge is 0.243 e. The van der Waals surface area contributed by atoms with Gasteiger partial charge in [-0.05, 0) is 74.9 Å². The molecule has 0 heterocycles. The van der Waals surface area contributed by atoms with Crippen LogP contribution in [-0.2, 0) is 26.2 Å². The molecule has 2 atom stereocenters. The Hall–Kier alpha value is -3.07. The number of methoxy groups -OCH3 is 1. The molecule has 0 saturated heterocycles. The molecule has 0 saturated carbocycles. The van der Waals surface area contributed by atoms with Crippen molar-refractivity contribution in [1.82, 2.24) is 10.2 Å². The normalized spacial score (nSPS) is 12.9. The Morgan fingerprint density at radius 3 is 2.24 bits per heavy atom. The summed E-state index contributed by atoms with van der Waals surface area (Å²) in [6, 6.07) is 12.5. The van der Waals surface area contributed by atoms with Crippen LogP contribution in [0.1, 0.15) is 63.1 Å². The maximum absolute atomic E-state index is 13.6. The van der Waals surface area contributed by atoms with Crippen molar-refractivity contribution in [2.45, 2.75) is 78.9 Å². The first kappa shape index (κ1) is 31.1. The molecule has 0 bridgehead atoms. The summed E-state index contributed by atoms with van der Waals surface area (Å²) >= 11 is 0. The van der Waals surface area contributed by atoms with Gasteiger partial charge >= 0.3 is 0 Å². The first-order valence-electron chi connectivity index (χ1n) is 13.2. The molecule has 0 aliphatic carbocycles. The lowest BCUT2D eigenvalue weighted by Crippen LogP contribution is -2.50. The molecule has 0 spiro atoms. The van der Waals surface area contributed by atoms with Gasteiger partial charge in [0, 0.05) is 25.6 Å². The van der Waals surface area contributed by atoms with Gasteiger partial charge in [-0.2, -0.15) is 0 Å². The van der Waals surface area contributed by atoms with E-state index in [1.807, 2.05) is 77.1 Å². The highest BCUT2D eigenvalue weighted by atomic mass is 32.2. The summed E-state index contributed by atoms with van der Waals surface area (Å²) in [7, 11) is -1.96. The number of amides is 2. The number of carbonyl (C=O) groups is 2. The largest absolute Gasteiger partial charge is 0.497 e. The standard InChI is InChI=1S/C29H43N3O5S/c1-8-23(5)30-29(34)26(9-2)31(20-24-14-16-25(37-6)17-15-24)28(33)11-10-18-32(38(7,35)36)27-19-21(3)12-13-22(27)4/h12-17,19,23,26H,8-11,18,20H2,1-7H3,(H,30,34)/t23-,26-/m0/s1. The van der Waals surface area contributed by atoms with Crippen molar-refractivity contribution >= 4 is 27.5 Å². The number of aryl methyl sites for hydroxylation is 2. The van der Waals surface area contributed by atoms with Crippen molar-refractivity contribution in [1.29, 1.82) is 0 Å². The second-order valence-corrected chi connectivity index (χ2v) is 11.7. The molecule has 210 valence electrons. The highest BCUT2D eigenvalue weighted by molar-refractivity contribution is 7.92. The van der Waals surface area contributed by atoms with Crippen LogP contribution < -0.4 is 14.4 Å². The molecule has 0 unspecified atom stereocenters. The van der Waals surface area contributed by atoms with Gasteiger partial charge in [0.25, 0.3) is 0 Å². The molecule has 9 heteroatoms. The Kier molecular flexibility index (Phi) is 11.6. The van der Waals surface area contributed by atoms with Crippen LogP contribution in [0.15, 0.2) is 42.5 Å². The van der Waals surface area contributed by atoms with Crippen molar-refractivity contribution in [3.05, 3.63) is 59.2 Å². The first-order chi connectivity index (χ1) is 17.9. The van der Waals surface area contributed by atoms with E-state index in [0.29, 0.717) is 24.3 Å². The Balaban J connectivity index is 2.26. The third-order valence-electron chi connectivity index (χ3n) is 6.68. The van der Waals surface area contributed by atoms with E-state index in [1.165, 1.54) is 10.6 Å². The van der Waals surface area contributed by atoms with E-state index in [4.69, 9.17) is 4.74 Å². The molecule has 38 heavy (non-hydrogen) atoms. The van der Waals surface area contributed by atoms with Gasteiger partial charge in [0.15, 0.2) is 0 Å². The Morgan fingerprint density at radius 1 is 1.03 bits per heavy atom. The fourth-order valence-corrected chi connectivity index (χ4v) is 5.27. The lowest BCUT2D eigenvalue weighted by molar-refractivity contribution is -0.141. The molecule has 0 radical (unpaired) electrons. The number of benzene rings is 2. The van der Waals surface area contributed by atoms with Gasteiger partial charge in [0.1, 0.15) is 11.8 Å². The number of sulfonamides is 1. The van der Waals surface area contributed by atoms with Crippen molar-refractivity contribution in [3.63, 3.8) is 0 Å².